The van der Waals surface area contributed by atoms with Crippen LogP contribution < -0.4 is 0 Å². The van der Waals surface area contributed by atoms with Crippen LogP contribution in [0.25, 0.3) is 0 Å². The summed E-state index contributed by atoms with van der Waals surface area (Å²) in [4.78, 5) is 24.9. The maximum absolute atomic E-state index is 12.5. The van der Waals surface area contributed by atoms with Crippen LogP contribution in [0.15, 0.2) is 53.5 Å². The predicted molar refractivity (Wildman–Crippen MR) is 131 cm³/mol. The van der Waals surface area contributed by atoms with Gasteiger partial charge < -0.3 is 24.8 Å². The van der Waals surface area contributed by atoms with Gasteiger partial charge in [-0.25, -0.2) is 0 Å². The minimum atomic E-state index is -1.41. The number of hydrogen-bond donors (Lipinski definition) is 3. The molecule has 34 heavy (non-hydrogen) atoms. The van der Waals surface area contributed by atoms with Crippen molar-refractivity contribution in [3.8, 4) is 0 Å². The Balaban J connectivity index is 2.32. The lowest BCUT2D eigenvalue weighted by Gasteiger charge is -2.32. The highest BCUT2D eigenvalue weighted by molar-refractivity contribution is 7.10. The molecule has 0 fully saturated rings. The number of hydrogen-bond acceptors (Lipinski definition) is 8. The Hall–Kier alpha value is -2.26. The molecule has 6 atom stereocenters. The van der Waals surface area contributed by atoms with Crippen molar-refractivity contribution < 1.29 is 34.4 Å². The van der Waals surface area contributed by atoms with Gasteiger partial charge in [0.2, 0.25) is 0 Å². The van der Waals surface area contributed by atoms with E-state index in [-0.39, 0.29) is 25.2 Å². The van der Waals surface area contributed by atoms with E-state index in [0.29, 0.717) is 0 Å². The van der Waals surface area contributed by atoms with Crippen molar-refractivity contribution in [1.82, 2.24) is 0 Å². The molecule has 1 unspecified atom stereocenters. The van der Waals surface area contributed by atoms with Crippen LogP contribution in [0, 0.1) is 5.92 Å². The minimum Gasteiger partial charge on any atom is -0.457 e. The Morgan fingerprint density at radius 1 is 1.35 bits per heavy atom. The molecule has 2 rings (SSSR count). The first kappa shape index (κ1) is 28.0. The summed E-state index contributed by atoms with van der Waals surface area (Å²) in [5, 5.41) is 33.7. The van der Waals surface area contributed by atoms with Gasteiger partial charge in [-0.15, -0.1) is 11.3 Å². The molecule has 1 aromatic rings. The smallest absolute Gasteiger partial charge is 0.309 e. The number of esters is 2. The van der Waals surface area contributed by atoms with E-state index in [1.807, 2.05) is 31.4 Å². The van der Waals surface area contributed by atoms with Gasteiger partial charge in [-0.1, -0.05) is 31.2 Å². The Morgan fingerprint density at radius 3 is 2.68 bits per heavy atom. The first-order valence-electron chi connectivity index (χ1n) is 11.4. The summed E-state index contributed by atoms with van der Waals surface area (Å²) in [5.41, 5.74) is -1.82. The molecular weight excluding hydrogens is 456 g/mol. The molecule has 0 saturated heterocycles. The van der Waals surface area contributed by atoms with Crippen LogP contribution in [0.2, 0.25) is 0 Å². The van der Waals surface area contributed by atoms with Crippen molar-refractivity contribution in [2.24, 2.45) is 5.92 Å². The number of ether oxygens (including phenoxy) is 2. The molecule has 0 radical (unpaired) electrons. The molecule has 0 aliphatic carbocycles. The summed E-state index contributed by atoms with van der Waals surface area (Å²) >= 11 is 1.45. The Bertz CT molecular complexity index is 912. The second-order valence-corrected chi connectivity index (χ2v) is 10.3. The van der Waals surface area contributed by atoms with Crippen LogP contribution in [-0.2, 0) is 24.7 Å². The molecule has 1 aliphatic rings. The van der Waals surface area contributed by atoms with Crippen molar-refractivity contribution in [1.29, 1.82) is 0 Å². The van der Waals surface area contributed by atoms with Crippen LogP contribution in [0.4, 0.5) is 0 Å². The van der Waals surface area contributed by atoms with Crippen molar-refractivity contribution >= 4 is 23.3 Å². The quantitative estimate of drug-likeness (QED) is 0.326. The second-order valence-electron chi connectivity index (χ2n) is 9.33. The first-order valence-corrected chi connectivity index (χ1v) is 12.3. The van der Waals surface area contributed by atoms with E-state index in [0.717, 1.165) is 10.5 Å². The maximum atomic E-state index is 12.5. The molecule has 0 aromatic carbocycles. The van der Waals surface area contributed by atoms with Crippen molar-refractivity contribution in [2.75, 3.05) is 0 Å². The lowest BCUT2D eigenvalue weighted by Crippen LogP contribution is -2.42. The van der Waals surface area contributed by atoms with E-state index in [1.165, 1.54) is 18.3 Å². The number of carbonyl (C=O) groups is 2. The third kappa shape index (κ3) is 8.20. The fourth-order valence-electron chi connectivity index (χ4n) is 3.76. The van der Waals surface area contributed by atoms with Crippen LogP contribution >= 0.6 is 11.3 Å². The second kappa shape index (κ2) is 11.9. The lowest BCUT2D eigenvalue weighted by molar-refractivity contribution is -0.157. The highest BCUT2D eigenvalue weighted by Crippen LogP contribution is 2.28. The number of thiophene rings is 1. The fraction of sp³-hybridized carbons (Fsp3) is 0.538. The van der Waals surface area contributed by atoms with Crippen LogP contribution in [0.3, 0.4) is 0 Å². The van der Waals surface area contributed by atoms with Crippen LogP contribution in [-0.4, -0.2) is 51.2 Å². The third-order valence-corrected chi connectivity index (χ3v) is 6.96. The van der Waals surface area contributed by atoms with E-state index in [2.05, 4.69) is 0 Å². The number of rotatable bonds is 5. The van der Waals surface area contributed by atoms with Gasteiger partial charge in [0, 0.05) is 17.7 Å². The zero-order valence-corrected chi connectivity index (χ0v) is 21.2. The van der Waals surface area contributed by atoms with Crippen LogP contribution in [0.5, 0.6) is 0 Å². The number of aliphatic hydroxyl groups is 3. The van der Waals surface area contributed by atoms with Gasteiger partial charge in [0.05, 0.1) is 12.5 Å². The Morgan fingerprint density at radius 2 is 2.06 bits per heavy atom. The predicted octanol–water partition coefficient (Wildman–Crippen LogP) is 3.79. The van der Waals surface area contributed by atoms with Crippen molar-refractivity contribution in [3.05, 3.63) is 58.3 Å². The number of carbonyl (C=O) groups excluding carboxylic acids is 2. The molecule has 3 N–H and O–H groups in total. The Kier molecular flexibility index (Phi) is 9.82. The minimum absolute atomic E-state index is 0.134. The molecule has 8 heteroatoms. The number of aliphatic hydroxyl groups excluding tert-OH is 1. The summed E-state index contributed by atoms with van der Waals surface area (Å²) in [6.07, 6.45) is 6.00. The largest absolute Gasteiger partial charge is 0.457 e. The summed E-state index contributed by atoms with van der Waals surface area (Å²) < 4.78 is 11.0. The monoisotopic (exact) mass is 492 g/mol. The number of cyclic esters (lactones) is 1. The summed E-state index contributed by atoms with van der Waals surface area (Å²) in [6.45, 7) is 8.17. The van der Waals surface area contributed by atoms with Crippen molar-refractivity contribution in [3.63, 3.8) is 0 Å². The highest BCUT2D eigenvalue weighted by Gasteiger charge is 2.35. The standard InChI is InChI=1S/C26H36O7S/c1-17(8-6-13-26(5,31)22-9-7-15-34-22)24-18(2)10-11-21(32-19(3)27)25(4,30)14-12-20(28)16-23(29)33-24/h6-11,13,15,18,20-21,24,28,30-31H,12,14,16H2,1-5H3/b11-10+,13-6+,17-8+/t18-,20+,21+,24+,25+,26?/m0/s1. The van der Waals surface area contributed by atoms with Gasteiger partial charge in [0.15, 0.2) is 0 Å². The van der Waals surface area contributed by atoms with Crippen molar-refractivity contribution in [2.45, 2.75) is 83.4 Å². The van der Waals surface area contributed by atoms with E-state index in [1.54, 1.807) is 44.2 Å². The topological polar surface area (TPSA) is 113 Å². The van der Waals surface area contributed by atoms with Gasteiger partial charge in [0.25, 0.3) is 0 Å². The zero-order chi connectivity index (χ0) is 25.5. The van der Waals surface area contributed by atoms with E-state index < -0.39 is 41.5 Å². The molecule has 2 heterocycles. The third-order valence-electron chi connectivity index (χ3n) is 5.87. The van der Waals surface area contributed by atoms with Gasteiger partial charge in [-0.2, -0.15) is 0 Å². The normalized spacial score (nSPS) is 32.2. The van der Waals surface area contributed by atoms with E-state index in [9.17, 15) is 24.9 Å². The summed E-state index contributed by atoms with van der Waals surface area (Å²) in [7, 11) is 0. The van der Waals surface area contributed by atoms with E-state index >= 15 is 0 Å². The Labute approximate surface area is 205 Å². The summed E-state index contributed by atoms with van der Waals surface area (Å²) in [6, 6.07) is 3.73. The van der Waals surface area contributed by atoms with E-state index in [4.69, 9.17) is 9.47 Å². The zero-order valence-electron chi connectivity index (χ0n) is 20.4. The average Bonchev–Trinajstić information content (AvgIpc) is 3.28. The molecule has 0 saturated carbocycles. The van der Waals surface area contributed by atoms with Gasteiger partial charge >= 0.3 is 11.9 Å². The molecule has 0 spiro atoms. The average molecular weight is 493 g/mol. The molecular formula is C26H36O7S. The van der Waals surface area contributed by atoms with Gasteiger partial charge in [-0.05, 0) is 62.8 Å². The fourth-order valence-corrected chi connectivity index (χ4v) is 4.53. The van der Waals surface area contributed by atoms with Gasteiger partial charge in [0.1, 0.15) is 23.4 Å². The maximum Gasteiger partial charge on any atom is 0.309 e. The first-order chi connectivity index (χ1) is 15.8. The number of allylic oxidation sites excluding steroid dienone is 2. The molecule has 0 amide bonds. The SMILES string of the molecule is CC(=O)O[C@@H]1/C=C/[C@H](C)[C@@H](/C(C)=C/C=C/C(C)(O)c2cccs2)OC(=O)C[C@H](O)CC[C@@]1(C)O. The van der Waals surface area contributed by atoms with Crippen LogP contribution in [0.1, 0.15) is 58.8 Å². The molecule has 7 nitrogen and oxygen atoms in total. The molecule has 1 aliphatic heterocycles. The summed E-state index contributed by atoms with van der Waals surface area (Å²) in [5.74, 6) is -1.40. The highest BCUT2D eigenvalue weighted by atomic mass is 32.1. The van der Waals surface area contributed by atoms with Gasteiger partial charge in [-0.3, -0.25) is 9.59 Å². The molecule has 1 aromatic heterocycles. The molecule has 0 bridgehead atoms. The molecule has 188 valence electrons. The lowest BCUT2D eigenvalue weighted by atomic mass is 9.88.